The SMILES string of the molecule is O=C(Nc1ccccc1)c1n[nH]c2c1C(=O)C(SCCCOc1ccccc1)=CC2=O. The zero-order chi connectivity index (χ0) is 21.6. The number of para-hydroxylation sites is 2. The molecule has 3 aromatic rings. The Kier molecular flexibility index (Phi) is 6.28. The van der Waals surface area contributed by atoms with E-state index in [0.29, 0.717) is 29.4 Å². The molecule has 0 radical (unpaired) electrons. The maximum Gasteiger partial charge on any atom is 0.276 e. The molecule has 0 bridgehead atoms. The Morgan fingerprint density at radius 3 is 2.48 bits per heavy atom. The third-order valence-electron chi connectivity index (χ3n) is 4.53. The van der Waals surface area contributed by atoms with Gasteiger partial charge in [0.2, 0.25) is 11.6 Å². The van der Waals surface area contributed by atoms with Crippen LogP contribution in [-0.2, 0) is 0 Å². The molecule has 2 aromatic carbocycles. The van der Waals surface area contributed by atoms with Crippen molar-refractivity contribution >= 4 is 34.9 Å². The Morgan fingerprint density at radius 1 is 1.03 bits per heavy atom. The van der Waals surface area contributed by atoms with Gasteiger partial charge >= 0.3 is 0 Å². The van der Waals surface area contributed by atoms with Crippen molar-refractivity contribution in [1.82, 2.24) is 10.2 Å². The molecule has 0 atom stereocenters. The van der Waals surface area contributed by atoms with E-state index < -0.39 is 5.91 Å². The molecule has 0 fully saturated rings. The monoisotopic (exact) mass is 433 g/mol. The maximum atomic E-state index is 13.0. The number of amides is 1. The van der Waals surface area contributed by atoms with E-state index in [4.69, 9.17) is 4.74 Å². The summed E-state index contributed by atoms with van der Waals surface area (Å²) in [6.45, 7) is 0.494. The number of fused-ring (bicyclic) bond motifs is 1. The number of hydrogen-bond donors (Lipinski definition) is 2. The van der Waals surface area contributed by atoms with Crippen molar-refractivity contribution < 1.29 is 19.1 Å². The standard InChI is InChI=1S/C23H19N3O4S/c27-17-14-18(31-13-7-12-30-16-10-5-2-6-11-16)22(28)19-20(17)25-26-21(19)23(29)24-15-8-3-1-4-9-15/h1-6,8-11,14H,7,12-13H2,(H,24,29)(H,25,26). The number of nitrogens with zero attached hydrogens (tertiary/aromatic N) is 1. The first-order chi connectivity index (χ1) is 15.1. The van der Waals surface area contributed by atoms with Gasteiger partial charge in [-0.1, -0.05) is 36.4 Å². The lowest BCUT2D eigenvalue weighted by atomic mass is 9.99. The van der Waals surface area contributed by atoms with E-state index in [1.165, 1.54) is 17.8 Å². The second-order valence-corrected chi connectivity index (χ2v) is 7.84. The van der Waals surface area contributed by atoms with Crippen LogP contribution in [0, 0.1) is 0 Å². The zero-order valence-corrected chi connectivity index (χ0v) is 17.3. The van der Waals surface area contributed by atoms with E-state index in [1.807, 2.05) is 36.4 Å². The summed E-state index contributed by atoms with van der Waals surface area (Å²) in [6.07, 6.45) is 1.99. The van der Waals surface area contributed by atoms with Gasteiger partial charge < -0.3 is 10.1 Å². The van der Waals surface area contributed by atoms with Gasteiger partial charge in [0.05, 0.1) is 17.1 Å². The van der Waals surface area contributed by atoms with Gasteiger partial charge in [0.1, 0.15) is 11.4 Å². The highest BCUT2D eigenvalue weighted by molar-refractivity contribution is 8.04. The number of allylic oxidation sites excluding steroid dienone is 2. The third kappa shape index (κ3) is 4.75. The summed E-state index contributed by atoms with van der Waals surface area (Å²) >= 11 is 1.27. The number of hydrogen-bond acceptors (Lipinski definition) is 6. The van der Waals surface area contributed by atoms with Crippen molar-refractivity contribution in [3.05, 3.63) is 88.6 Å². The van der Waals surface area contributed by atoms with Gasteiger partial charge in [-0.05, 0) is 30.7 Å². The Morgan fingerprint density at radius 2 is 1.74 bits per heavy atom. The van der Waals surface area contributed by atoms with Crippen LogP contribution in [0.2, 0.25) is 0 Å². The van der Waals surface area contributed by atoms with Crippen molar-refractivity contribution in [2.45, 2.75) is 6.42 Å². The minimum Gasteiger partial charge on any atom is -0.494 e. The molecule has 2 N–H and O–H groups in total. The number of anilines is 1. The van der Waals surface area contributed by atoms with Gasteiger partial charge in [0.15, 0.2) is 5.69 Å². The highest BCUT2D eigenvalue weighted by Gasteiger charge is 2.33. The lowest BCUT2D eigenvalue weighted by Gasteiger charge is -2.12. The summed E-state index contributed by atoms with van der Waals surface area (Å²) in [5, 5.41) is 9.16. The van der Waals surface area contributed by atoms with Crippen molar-refractivity contribution in [3.63, 3.8) is 0 Å². The average Bonchev–Trinajstić information content (AvgIpc) is 3.24. The number of carbonyl (C=O) groups is 3. The minimum atomic E-state index is -0.549. The van der Waals surface area contributed by atoms with Crippen molar-refractivity contribution in [1.29, 1.82) is 0 Å². The Balaban J connectivity index is 1.39. The van der Waals surface area contributed by atoms with Crippen LogP contribution in [0.5, 0.6) is 5.75 Å². The molecule has 1 aromatic heterocycles. The van der Waals surface area contributed by atoms with Crippen molar-refractivity contribution in [2.75, 3.05) is 17.7 Å². The van der Waals surface area contributed by atoms with E-state index in [9.17, 15) is 14.4 Å². The molecule has 1 heterocycles. The summed E-state index contributed by atoms with van der Waals surface area (Å²) in [5.74, 6) is 0.0794. The van der Waals surface area contributed by atoms with E-state index in [0.717, 1.165) is 5.75 Å². The Bertz CT molecular complexity index is 1140. The lowest BCUT2D eigenvalue weighted by molar-refractivity contribution is 0.0979. The molecule has 0 saturated carbocycles. The van der Waals surface area contributed by atoms with Crippen LogP contribution < -0.4 is 10.1 Å². The number of Topliss-reactive ketones (excluding diaryl/α,β-unsaturated/α-hetero) is 1. The summed E-state index contributed by atoms with van der Waals surface area (Å²) in [4.78, 5) is 38.4. The molecule has 156 valence electrons. The van der Waals surface area contributed by atoms with Gasteiger partial charge in [-0.15, -0.1) is 11.8 Å². The van der Waals surface area contributed by atoms with Gasteiger partial charge in [-0.25, -0.2) is 0 Å². The largest absolute Gasteiger partial charge is 0.494 e. The summed E-state index contributed by atoms with van der Waals surface area (Å²) in [5.41, 5.74) is 0.544. The van der Waals surface area contributed by atoms with E-state index in [1.54, 1.807) is 24.3 Å². The highest BCUT2D eigenvalue weighted by atomic mass is 32.2. The molecule has 4 rings (SSSR count). The summed E-state index contributed by atoms with van der Waals surface area (Å²) in [6, 6.07) is 18.3. The molecular weight excluding hydrogens is 414 g/mol. The quantitative estimate of drug-likeness (QED) is 0.518. The lowest BCUT2D eigenvalue weighted by Crippen LogP contribution is -2.20. The molecule has 0 aliphatic heterocycles. The molecule has 0 unspecified atom stereocenters. The predicted molar refractivity (Wildman–Crippen MR) is 119 cm³/mol. The van der Waals surface area contributed by atoms with Gasteiger partial charge in [0.25, 0.3) is 5.91 Å². The normalized spacial score (nSPS) is 12.8. The number of H-pyrrole nitrogens is 1. The first kappa shape index (κ1) is 20.6. The first-order valence-corrected chi connectivity index (χ1v) is 10.7. The predicted octanol–water partition coefficient (Wildman–Crippen LogP) is 4.13. The van der Waals surface area contributed by atoms with Crippen LogP contribution in [0.3, 0.4) is 0 Å². The van der Waals surface area contributed by atoms with Gasteiger partial charge in [0, 0.05) is 17.5 Å². The second kappa shape index (κ2) is 9.44. The maximum absolute atomic E-state index is 13.0. The molecule has 31 heavy (non-hydrogen) atoms. The van der Waals surface area contributed by atoms with E-state index >= 15 is 0 Å². The minimum absolute atomic E-state index is 0.0176. The zero-order valence-electron chi connectivity index (χ0n) is 16.5. The van der Waals surface area contributed by atoms with Gasteiger partial charge in [-0.2, -0.15) is 5.10 Å². The summed E-state index contributed by atoms with van der Waals surface area (Å²) < 4.78 is 5.64. The Labute approximate surface area is 182 Å². The smallest absolute Gasteiger partial charge is 0.276 e. The summed E-state index contributed by atoms with van der Waals surface area (Å²) in [7, 11) is 0. The molecular formula is C23H19N3O4S. The fourth-order valence-corrected chi connectivity index (χ4v) is 3.96. The van der Waals surface area contributed by atoms with Crippen molar-refractivity contribution in [3.8, 4) is 5.75 Å². The highest BCUT2D eigenvalue weighted by Crippen LogP contribution is 2.30. The first-order valence-electron chi connectivity index (χ1n) is 9.69. The van der Waals surface area contributed by atoms with Crippen LogP contribution in [0.1, 0.15) is 37.8 Å². The van der Waals surface area contributed by atoms with Crippen LogP contribution in [0.25, 0.3) is 0 Å². The molecule has 0 spiro atoms. The van der Waals surface area contributed by atoms with Gasteiger partial charge in [-0.3, -0.25) is 19.5 Å². The number of carbonyl (C=O) groups excluding carboxylic acids is 3. The van der Waals surface area contributed by atoms with Crippen LogP contribution in [0.4, 0.5) is 5.69 Å². The number of ether oxygens (including phenoxy) is 1. The topological polar surface area (TPSA) is 101 Å². The fraction of sp³-hybridized carbons (Fsp3) is 0.130. The number of aromatic nitrogens is 2. The number of rotatable bonds is 8. The van der Waals surface area contributed by atoms with Crippen LogP contribution in [0.15, 0.2) is 71.6 Å². The molecule has 0 saturated heterocycles. The molecule has 1 aliphatic carbocycles. The number of aromatic amines is 1. The van der Waals surface area contributed by atoms with Crippen LogP contribution in [-0.4, -0.2) is 40.0 Å². The van der Waals surface area contributed by atoms with Crippen LogP contribution >= 0.6 is 11.8 Å². The molecule has 8 heteroatoms. The third-order valence-corrected chi connectivity index (χ3v) is 5.64. The second-order valence-electron chi connectivity index (χ2n) is 6.71. The number of thioether (sulfide) groups is 1. The Hall–Kier alpha value is -3.65. The number of ketones is 2. The fourth-order valence-electron chi connectivity index (χ4n) is 3.05. The molecule has 1 amide bonds. The van der Waals surface area contributed by atoms with Crippen molar-refractivity contribution in [2.24, 2.45) is 0 Å². The number of benzene rings is 2. The number of nitrogens with one attached hydrogen (secondary N) is 2. The molecule has 7 nitrogen and oxygen atoms in total. The average molecular weight is 433 g/mol. The van der Waals surface area contributed by atoms with E-state index in [2.05, 4.69) is 15.5 Å². The van der Waals surface area contributed by atoms with E-state index in [-0.39, 0.29) is 28.5 Å². The molecule has 1 aliphatic rings.